The van der Waals surface area contributed by atoms with Crippen molar-refractivity contribution in [2.45, 2.75) is 38.8 Å². The van der Waals surface area contributed by atoms with Gasteiger partial charge < -0.3 is 10.2 Å². The van der Waals surface area contributed by atoms with E-state index < -0.39 is 0 Å². The molecule has 3 heteroatoms. The molecule has 0 spiro atoms. The molecule has 1 aliphatic rings. The van der Waals surface area contributed by atoms with E-state index in [0.717, 1.165) is 12.3 Å². The third-order valence-electron chi connectivity index (χ3n) is 4.51. The zero-order chi connectivity index (χ0) is 11.8. The topological polar surface area (TPSA) is 42.4 Å². The lowest BCUT2D eigenvalue weighted by Gasteiger charge is -2.43. The highest BCUT2D eigenvalue weighted by Crippen LogP contribution is 2.55. The van der Waals surface area contributed by atoms with Crippen LogP contribution < -0.4 is 5.73 Å². The molecule has 0 saturated heterocycles. The first-order valence-electron chi connectivity index (χ1n) is 5.95. The van der Waals surface area contributed by atoms with Crippen LogP contribution >= 0.6 is 0 Å². The quantitative estimate of drug-likeness (QED) is 0.830. The molecule has 1 unspecified atom stereocenters. The van der Waals surface area contributed by atoms with Crippen molar-refractivity contribution in [3.63, 3.8) is 0 Å². The Morgan fingerprint density at radius 3 is 2.69 bits per heavy atom. The molecule has 1 aromatic heterocycles. The maximum Gasteiger partial charge on any atom is 0.117 e. The van der Waals surface area contributed by atoms with Gasteiger partial charge in [-0.1, -0.05) is 6.92 Å². The highest BCUT2D eigenvalue weighted by atomic mass is 16.3. The van der Waals surface area contributed by atoms with Crippen molar-refractivity contribution in [1.82, 2.24) is 4.90 Å². The molecule has 1 atom stereocenters. The van der Waals surface area contributed by atoms with E-state index >= 15 is 0 Å². The summed E-state index contributed by atoms with van der Waals surface area (Å²) in [4.78, 5) is 2.33. The minimum atomic E-state index is 0.0692. The Morgan fingerprint density at radius 2 is 2.25 bits per heavy atom. The molecule has 3 nitrogen and oxygen atoms in total. The Balaban J connectivity index is 2.09. The van der Waals surface area contributed by atoms with E-state index in [-0.39, 0.29) is 5.54 Å². The molecule has 2 rings (SSSR count). The first-order valence-corrected chi connectivity index (χ1v) is 5.95. The Morgan fingerprint density at radius 1 is 1.56 bits per heavy atom. The second-order valence-corrected chi connectivity index (χ2v) is 5.47. The molecule has 0 radical (unpaired) electrons. The van der Waals surface area contributed by atoms with Crippen LogP contribution in [0, 0.1) is 5.41 Å². The average molecular weight is 222 g/mol. The summed E-state index contributed by atoms with van der Waals surface area (Å²) in [7, 11) is 2.14. The molecule has 1 aromatic rings. The minimum absolute atomic E-state index is 0.0692. The monoisotopic (exact) mass is 222 g/mol. The van der Waals surface area contributed by atoms with Crippen molar-refractivity contribution < 1.29 is 4.42 Å². The first-order chi connectivity index (χ1) is 7.52. The predicted octanol–water partition coefficient (Wildman–Crippen LogP) is 2.23. The molecule has 0 bridgehead atoms. The molecule has 1 saturated carbocycles. The fraction of sp³-hybridized carbons (Fsp3) is 0.692. The van der Waals surface area contributed by atoms with Gasteiger partial charge in [-0.05, 0) is 44.4 Å². The lowest BCUT2D eigenvalue weighted by molar-refractivity contribution is 0.0600. The summed E-state index contributed by atoms with van der Waals surface area (Å²) in [6.45, 7) is 6.12. The Hall–Kier alpha value is -0.800. The molecule has 90 valence electrons. The molecule has 2 N–H and O–H groups in total. The zero-order valence-electron chi connectivity index (χ0n) is 10.5. The van der Waals surface area contributed by atoms with E-state index in [9.17, 15) is 0 Å². The van der Waals surface area contributed by atoms with Crippen molar-refractivity contribution in [2.24, 2.45) is 11.1 Å². The Labute approximate surface area is 97.6 Å². The number of likely N-dealkylation sites (N-methyl/N-ethyl adjacent to an activating group) is 1. The highest BCUT2D eigenvalue weighted by molar-refractivity contribution is 5.10. The van der Waals surface area contributed by atoms with Gasteiger partial charge in [0.1, 0.15) is 5.76 Å². The number of hydrogen-bond donors (Lipinski definition) is 1. The van der Waals surface area contributed by atoms with Crippen LogP contribution in [0.25, 0.3) is 0 Å². The maximum absolute atomic E-state index is 5.99. The van der Waals surface area contributed by atoms with Crippen LogP contribution in [0.5, 0.6) is 0 Å². The summed E-state index contributed by atoms with van der Waals surface area (Å²) >= 11 is 0. The second-order valence-electron chi connectivity index (χ2n) is 5.47. The van der Waals surface area contributed by atoms with Crippen LogP contribution in [0.15, 0.2) is 22.8 Å². The third kappa shape index (κ3) is 1.78. The highest BCUT2D eigenvalue weighted by Gasteiger charge is 2.54. The van der Waals surface area contributed by atoms with E-state index in [2.05, 4.69) is 25.8 Å². The smallest absolute Gasteiger partial charge is 0.117 e. The summed E-state index contributed by atoms with van der Waals surface area (Å²) in [5, 5.41) is 0. The molecule has 0 aliphatic heterocycles. The van der Waals surface area contributed by atoms with Crippen LogP contribution in [-0.4, -0.2) is 24.0 Å². The van der Waals surface area contributed by atoms with Gasteiger partial charge in [0.05, 0.1) is 12.8 Å². The molecule has 1 fully saturated rings. The minimum Gasteiger partial charge on any atom is -0.468 e. The van der Waals surface area contributed by atoms with E-state index in [1.165, 1.54) is 12.8 Å². The van der Waals surface area contributed by atoms with E-state index in [1.54, 1.807) is 6.26 Å². The number of hydrogen-bond acceptors (Lipinski definition) is 3. The number of rotatable bonds is 5. The van der Waals surface area contributed by atoms with Crippen LogP contribution in [0.4, 0.5) is 0 Å². The van der Waals surface area contributed by atoms with Crippen LogP contribution in [-0.2, 0) is 6.54 Å². The van der Waals surface area contributed by atoms with Gasteiger partial charge in [-0.25, -0.2) is 0 Å². The normalized spacial score (nSPS) is 22.1. The molecule has 1 heterocycles. The lowest BCUT2D eigenvalue weighted by atomic mass is 9.82. The molecule has 0 amide bonds. The van der Waals surface area contributed by atoms with Crippen molar-refractivity contribution >= 4 is 0 Å². The van der Waals surface area contributed by atoms with Crippen LogP contribution in [0.1, 0.15) is 32.4 Å². The van der Waals surface area contributed by atoms with Gasteiger partial charge in [0, 0.05) is 12.1 Å². The average Bonchev–Trinajstić information content (AvgIpc) is 2.81. The van der Waals surface area contributed by atoms with Gasteiger partial charge >= 0.3 is 0 Å². The fourth-order valence-corrected chi connectivity index (χ4v) is 2.40. The van der Waals surface area contributed by atoms with Gasteiger partial charge in [0.15, 0.2) is 0 Å². The van der Waals surface area contributed by atoms with Gasteiger partial charge in [-0.2, -0.15) is 0 Å². The summed E-state index contributed by atoms with van der Waals surface area (Å²) in [5.74, 6) is 1.01. The van der Waals surface area contributed by atoms with E-state index in [1.807, 2.05) is 12.1 Å². The third-order valence-corrected chi connectivity index (χ3v) is 4.51. The standard InChI is InChI=1S/C13H22N2O/c1-12(6-7-12)13(2,10-14)15(3)9-11-5-4-8-16-11/h4-5,8H,6-7,9-10,14H2,1-3H3. The van der Waals surface area contributed by atoms with Crippen LogP contribution in [0.2, 0.25) is 0 Å². The predicted molar refractivity (Wildman–Crippen MR) is 65.0 cm³/mol. The molecule has 0 aromatic carbocycles. The molecule has 1 aliphatic carbocycles. The Bertz CT molecular complexity index is 343. The zero-order valence-corrected chi connectivity index (χ0v) is 10.5. The first kappa shape index (κ1) is 11.7. The van der Waals surface area contributed by atoms with Crippen LogP contribution in [0.3, 0.4) is 0 Å². The SMILES string of the molecule is CN(Cc1ccco1)C(C)(CN)C1(C)CC1. The summed E-state index contributed by atoms with van der Waals surface area (Å²) in [6.07, 6.45) is 4.29. The largest absolute Gasteiger partial charge is 0.468 e. The summed E-state index contributed by atoms with van der Waals surface area (Å²) in [5.41, 5.74) is 6.44. The Kier molecular flexibility index (Phi) is 2.84. The van der Waals surface area contributed by atoms with Crippen molar-refractivity contribution in [2.75, 3.05) is 13.6 Å². The van der Waals surface area contributed by atoms with E-state index in [0.29, 0.717) is 12.0 Å². The van der Waals surface area contributed by atoms with Gasteiger partial charge in [-0.15, -0.1) is 0 Å². The van der Waals surface area contributed by atoms with Crippen molar-refractivity contribution in [1.29, 1.82) is 0 Å². The molecular weight excluding hydrogens is 200 g/mol. The number of nitrogens with zero attached hydrogens (tertiary/aromatic N) is 1. The molecule has 16 heavy (non-hydrogen) atoms. The van der Waals surface area contributed by atoms with Crippen molar-refractivity contribution in [3.05, 3.63) is 24.2 Å². The molecular formula is C13H22N2O. The van der Waals surface area contributed by atoms with Crippen molar-refractivity contribution in [3.8, 4) is 0 Å². The summed E-state index contributed by atoms with van der Waals surface area (Å²) in [6, 6.07) is 3.95. The van der Waals surface area contributed by atoms with Gasteiger partial charge in [-0.3, -0.25) is 4.90 Å². The second kappa shape index (κ2) is 3.90. The lowest BCUT2D eigenvalue weighted by Crippen LogP contribution is -2.54. The number of nitrogens with two attached hydrogens (primary N) is 1. The van der Waals surface area contributed by atoms with E-state index in [4.69, 9.17) is 10.2 Å². The van der Waals surface area contributed by atoms with Gasteiger partial charge in [0.2, 0.25) is 0 Å². The van der Waals surface area contributed by atoms with Gasteiger partial charge in [0.25, 0.3) is 0 Å². The summed E-state index contributed by atoms with van der Waals surface area (Å²) < 4.78 is 5.39. The number of furan rings is 1. The fourth-order valence-electron chi connectivity index (χ4n) is 2.40. The maximum atomic E-state index is 5.99.